The molecule has 0 aliphatic carbocycles. The molecular weight excluding hydrogens is 544 g/mol. The van der Waals surface area contributed by atoms with Gasteiger partial charge < -0.3 is 24.4 Å². The van der Waals surface area contributed by atoms with Crippen molar-refractivity contribution in [3.8, 4) is 0 Å². The first-order valence-corrected chi connectivity index (χ1v) is 15.2. The number of aliphatic hydroxyl groups excluding tert-OH is 1. The van der Waals surface area contributed by atoms with Gasteiger partial charge in [-0.05, 0) is 69.9 Å². The molecule has 2 bridgehead atoms. The lowest BCUT2D eigenvalue weighted by molar-refractivity contribution is -0.161. The van der Waals surface area contributed by atoms with E-state index >= 15 is 0 Å². The summed E-state index contributed by atoms with van der Waals surface area (Å²) in [6.07, 6.45) is 8.29. The van der Waals surface area contributed by atoms with Crippen LogP contribution >= 0.6 is 11.6 Å². The second kappa shape index (κ2) is 13.1. The Kier molecular flexibility index (Phi) is 9.98. The molecule has 1 aromatic carbocycles. The molecule has 224 valence electrons. The minimum Gasteiger partial charge on any atom is -0.465 e. The van der Waals surface area contributed by atoms with E-state index in [2.05, 4.69) is 13.2 Å². The van der Waals surface area contributed by atoms with Gasteiger partial charge in [0.2, 0.25) is 5.91 Å². The quantitative estimate of drug-likeness (QED) is 0.177. The minimum atomic E-state index is -1.15. The molecule has 9 heteroatoms. The Morgan fingerprint density at radius 3 is 2.66 bits per heavy atom. The van der Waals surface area contributed by atoms with Crippen molar-refractivity contribution in [3.63, 3.8) is 0 Å². The van der Waals surface area contributed by atoms with Crippen LogP contribution in [-0.2, 0) is 23.9 Å². The van der Waals surface area contributed by atoms with Crippen molar-refractivity contribution in [2.75, 3.05) is 31.2 Å². The number of hydrogen-bond acceptors (Lipinski definition) is 6. The molecule has 2 unspecified atom stereocenters. The Bertz CT molecular complexity index is 1150. The zero-order valence-corrected chi connectivity index (χ0v) is 25.0. The molecule has 1 aromatic rings. The van der Waals surface area contributed by atoms with Crippen LogP contribution in [0.15, 0.2) is 43.5 Å². The number of amides is 2. The highest BCUT2D eigenvalue weighted by atomic mass is 35.5. The summed E-state index contributed by atoms with van der Waals surface area (Å²) in [5.41, 5.74) is -0.618. The molecule has 0 saturated carbocycles. The van der Waals surface area contributed by atoms with E-state index in [1.807, 2.05) is 26.0 Å². The maximum Gasteiger partial charge on any atom is 0.312 e. The van der Waals surface area contributed by atoms with E-state index in [9.17, 15) is 19.5 Å². The van der Waals surface area contributed by atoms with Gasteiger partial charge in [-0.25, -0.2) is 0 Å². The lowest BCUT2D eigenvalue weighted by Gasteiger charge is -2.37. The number of carbonyl (C=O) groups is 3. The molecule has 5 atom stereocenters. The second-order valence-electron chi connectivity index (χ2n) is 11.4. The van der Waals surface area contributed by atoms with Crippen molar-refractivity contribution in [1.29, 1.82) is 0 Å². The van der Waals surface area contributed by atoms with E-state index in [1.54, 1.807) is 28.0 Å². The Balaban J connectivity index is 1.76. The summed E-state index contributed by atoms with van der Waals surface area (Å²) < 4.78 is 12.5. The number of carbonyl (C=O) groups excluding carboxylic acids is 3. The van der Waals surface area contributed by atoms with Gasteiger partial charge in [0.05, 0.1) is 28.8 Å². The van der Waals surface area contributed by atoms with Gasteiger partial charge >= 0.3 is 5.97 Å². The molecule has 3 heterocycles. The number of likely N-dealkylation sites (tertiary alicyclic amines) is 1. The number of aliphatic hydroxyl groups is 1. The van der Waals surface area contributed by atoms with Crippen LogP contribution < -0.4 is 4.90 Å². The Morgan fingerprint density at radius 2 is 2.00 bits per heavy atom. The maximum absolute atomic E-state index is 14.7. The van der Waals surface area contributed by atoms with Crippen LogP contribution in [0.1, 0.15) is 63.9 Å². The standard InChI is InChI=1S/C32H43ClN2O6/c1-5-8-12-21-40-30(39)25-24-28(37)35(19-10-9-11-20-36)27(32(24)17-16-31(25,7-3)41-32)29(38)34(18-6-2)26-22(4)14-13-15-23(26)33/h5-6,13-15,24-25,27,36H,1-2,7-12,16-21H2,3-4H3/t24-,25-,27?,31+,32?/m0/s1. The fraction of sp³-hybridized carbons (Fsp3) is 0.594. The van der Waals surface area contributed by atoms with Gasteiger partial charge in [0.15, 0.2) is 0 Å². The highest BCUT2D eigenvalue weighted by Crippen LogP contribution is 2.64. The summed E-state index contributed by atoms with van der Waals surface area (Å²) in [7, 11) is 0. The van der Waals surface area contributed by atoms with Gasteiger partial charge in [0.25, 0.3) is 5.91 Å². The van der Waals surface area contributed by atoms with Gasteiger partial charge in [0.1, 0.15) is 17.6 Å². The summed E-state index contributed by atoms with van der Waals surface area (Å²) in [5, 5.41) is 9.72. The second-order valence-corrected chi connectivity index (χ2v) is 11.8. The highest BCUT2D eigenvalue weighted by molar-refractivity contribution is 6.34. The van der Waals surface area contributed by atoms with E-state index in [4.69, 9.17) is 21.1 Å². The Labute approximate surface area is 248 Å². The number of ether oxygens (including phenoxy) is 2. The molecule has 3 fully saturated rings. The van der Waals surface area contributed by atoms with Gasteiger partial charge in [-0.3, -0.25) is 14.4 Å². The number of benzene rings is 1. The molecular formula is C32H43ClN2O6. The Hall–Kier alpha value is -2.68. The molecule has 8 nitrogen and oxygen atoms in total. The molecule has 1 N–H and O–H groups in total. The van der Waals surface area contributed by atoms with Crippen molar-refractivity contribution >= 4 is 35.1 Å². The molecule has 3 aliphatic heterocycles. The van der Waals surface area contributed by atoms with Crippen LogP contribution in [0.4, 0.5) is 5.69 Å². The van der Waals surface area contributed by atoms with Gasteiger partial charge in [-0.15, -0.1) is 13.2 Å². The van der Waals surface area contributed by atoms with Crippen LogP contribution in [0.25, 0.3) is 0 Å². The van der Waals surface area contributed by atoms with Crippen LogP contribution in [0.5, 0.6) is 0 Å². The number of aryl methyl sites for hydroxylation is 1. The summed E-state index contributed by atoms with van der Waals surface area (Å²) in [5.74, 6) is -2.58. The molecule has 2 amide bonds. The molecule has 41 heavy (non-hydrogen) atoms. The summed E-state index contributed by atoms with van der Waals surface area (Å²) in [4.78, 5) is 45.9. The molecule has 4 rings (SSSR count). The fourth-order valence-corrected chi connectivity index (χ4v) is 7.51. The van der Waals surface area contributed by atoms with Crippen LogP contribution in [0, 0.1) is 18.8 Å². The largest absolute Gasteiger partial charge is 0.465 e. The number of unbranched alkanes of at least 4 members (excludes halogenated alkanes) is 3. The molecule has 0 aromatic heterocycles. The predicted molar refractivity (Wildman–Crippen MR) is 159 cm³/mol. The van der Waals surface area contributed by atoms with E-state index < -0.39 is 35.0 Å². The minimum absolute atomic E-state index is 0.0592. The van der Waals surface area contributed by atoms with E-state index in [0.29, 0.717) is 62.2 Å². The molecule has 3 aliphatic rings. The number of halogens is 1. The maximum atomic E-state index is 14.7. The average molecular weight is 587 g/mol. The molecule has 1 spiro atoms. The average Bonchev–Trinajstić information content (AvgIpc) is 3.56. The van der Waals surface area contributed by atoms with E-state index in [0.717, 1.165) is 12.0 Å². The number of nitrogens with zero attached hydrogens (tertiary/aromatic N) is 2. The molecule has 3 saturated heterocycles. The van der Waals surface area contributed by atoms with Crippen molar-refractivity contribution in [3.05, 3.63) is 54.1 Å². The van der Waals surface area contributed by atoms with Crippen molar-refractivity contribution in [2.24, 2.45) is 11.8 Å². The number of fused-ring (bicyclic) bond motifs is 1. The zero-order valence-electron chi connectivity index (χ0n) is 24.3. The number of para-hydroxylation sites is 1. The first-order chi connectivity index (χ1) is 19.7. The van der Waals surface area contributed by atoms with E-state index in [1.165, 1.54) is 0 Å². The third-order valence-electron chi connectivity index (χ3n) is 9.06. The lowest BCUT2D eigenvalue weighted by atomic mass is 9.65. The lowest BCUT2D eigenvalue weighted by Crippen LogP contribution is -2.56. The zero-order chi connectivity index (χ0) is 29.8. The van der Waals surface area contributed by atoms with Gasteiger partial charge in [-0.1, -0.05) is 42.8 Å². The van der Waals surface area contributed by atoms with Crippen LogP contribution in [0.3, 0.4) is 0 Å². The van der Waals surface area contributed by atoms with Crippen molar-refractivity contribution < 1.29 is 29.0 Å². The third kappa shape index (κ3) is 5.46. The van der Waals surface area contributed by atoms with Crippen LogP contribution in [-0.4, -0.2) is 71.3 Å². The van der Waals surface area contributed by atoms with Gasteiger partial charge in [0, 0.05) is 19.7 Å². The number of esters is 1. The highest BCUT2D eigenvalue weighted by Gasteiger charge is 2.79. The topological polar surface area (TPSA) is 96.4 Å². The summed E-state index contributed by atoms with van der Waals surface area (Å²) in [6.45, 7) is 12.3. The number of hydrogen-bond donors (Lipinski definition) is 1. The SMILES string of the molecule is C=CCCCOC(=O)[C@@H]1[C@H]2C(=O)N(CCCCCO)C(C(=O)N(CC=C)c3c(C)cccc3Cl)C23CC[C@@]1(CC)O3. The van der Waals surface area contributed by atoms with Crippen LogP contribution in [0.2, 0.25) is 5.02 Å². The van der Waals surface area contributed by atoms with Crippen molar-refractivity contribution in [2.45, 2.75) is 82.5 Å². The molecule has 0 radical (unpaired) electrons. The number of allylic oxidation sites excluding steroid dienone is 1. The monoisotopic (exact) mass is 586 g/mol. The first kappa shape index (κ1) is 31.3. The summed E-state index contributed by atoms with van der Waals surface area (Å²) >= 11 is 6.63. The van der Waals surface area contributed by atoms with Crippen molar-refractivity contribution in [1.82, 2.24) is 4.90 Å². The third-order valence-corrected chi connectivity index (χ3v) is 9.36. The number of rotatable bonds is 15. The number of anilines is 1. The smallest absolute Gasteiger partial charge is 0.312 e. The first-order valence-electron chi connectivity index (χ1n) is 14.8. The predicted octanol–water partition coefficient (Wildman–Crippen LogP) is 4.99. The van der Waals surface area contributed by atoms with E-state index in [-0.39, 0.29) is 31.6 Å². The summed E-state index contributed by atoms with van der Waals surface area (Å²) in [6, 6.07) is 4.52. The fourth-order valence-electron chi connectivity index (χ4n) is 7.19. The Morgan fingerprint density at radius 1 is 1.22 bits per heavy atom. The van der Waals surface area contributed by atoms with Gasteiger partial charge in [-0.2, -0.15) is 0 Å². The normalized spacial score (nSPS) is 28.0.